The van der Waals surface area contributed by atoms with Crippen LogP contribution in [0.15, 0.2) is 16.6 Å². The lowest BCUT2D eigenvalue weighted by Crippen LogP contribution is -2.33. The van der Waals surface area contributed by atoms with Crippen LogP contribution < -0.4 is 14.8 Å². The van der Waals surface area contributed by atoms with Gasteiger partial charge in [-0.15, -0.1) is 0 Å². The van der Waals surface area contributed by atoms with Crippen LogP contribution in [0.1, 0.15) is 32.8 Å². The van der Waals surface area contributed by atoms with Gasteiger partial charge in [-0.1, -0.05) is 0 Å². The minimum absolute atomic E-state index is 0.411. The Morgan fingerprint density at radius 2 is 1.91 bits per heavy atom. The molecule has 0 bridgehead atoms. The van der Waals surface area contributed by atoms with Crippen molar-refractivity contribution in [2.24, 2.45) is 0 Å². The van der Waals surface area contributed by atoms with Gasteiger partial charge < -0.3 is 19.5 Å². The van der Waals surface area contributed by atoms with Gasteiger partial charge in [-0.05, 0) is 67.7 Å². The SMILES string of the molecule is COc1cc(C)cc(OCCCNC(=O)OC(C)(C)C)c1Br. The minimum Gasteiger partial charge on any atom is -0.495 e. The lowest BCUT2D eigenvalue weighted by Gasteiger charge is -2.19. The van der Waals surface area contributed by atoms with E-state index >= 15 is 0 Å². The molecule has 1 amide bonds. The summed E-state index contributed by atoms with van der Waals surface area (Å²) in [4.78, 5) is 11.5. The number of ether oxygens (including phenoxy) is 3. The van der Waals surface area contributed by atoms with Gasteiger partial charge >= 0.3 is 6.09 Å². The second kappa shape index (κ2) is 8.27. The van der Waals surface area contributed by atoms with Gasteiger partial charge in [-0.2, -0.15) is 0 Å². The number of hydrogen-bond acceptors (Lipinski definition) is 4. The van der Waals surface area contributed by atoms with E-state index in [0.717, 1.165) is 21.5 Å². The molecule has 0 aliphatic carbocycles. The molecule has 124 valence electrons. The van der Waals surface area contributed by atoms with Gasteiger partial charge in [0.2, 0.25) is 0 Å². The van der Waals surface area contributed by atoms with Crippen molar-refractivity contribution >= 4 is 22.0 Å². The molecule has 0 aromatic heterocycles. The van der Waals surface area contributed by atoms with Crippen molar-refractivity contribution in [3.8, 4) is 11.5 Å². The summed E-state index contributed by atoms with van der Waals surface area (Å²) in [6.45, 7) is 8.46. The molecule has 1 N–H and O–H groups in total. The smallest absolute Gasteiger partial charge is 0.407 e. The average Bonchev–Trinajstić information content (AvgIpc) is 2.39. The quantitative estimate of drug-likeness (QED) is 0.763. The number of halogens is 1. The molecule has 0 unspecified atom stereocenters. The van der Waals surface area contributed by atoms with E-state index in [4.69, 9.17) is 14.2 Å². The minimum atomic E-state index is -0.483. The molecule has 1 aromatic carbocycles. The number of rotatable bonds is 6. The molecule has 1 aromatic rings. The Morgan fingerprint density at radius 3 is 2.50 bits per heavy atom. The predicted octanol–water partition coefficient (Wildman–Crippen LogP) is 4.06. The highest BCUT2D eigenvalue weighted by Gasteiger charge is 2.15. The summed E-state index contributed by atoms with van der Waals surface area (Å²) in [5.74, 6) is 1.47. The Kier molecular flexibility index (Phi) is 7.00. The lowest BCUT2D eigenvalue weighted by molar-refractivity contribution is 0.0525. The van der Waals surface area contributed by atoms with Crippen LogP contribution in [0.4, 0.5) is 4.79 Å². The molecule has 0 aliphatic heterocycles. The topological polar surface area (TPSA) is 56.8 Å². The Balaban J connectivity index is 2.37. The summed E-state index contributed by atoms with van der Waals surface area (Å²) in [5.41, 5.74) is 0.575. The van der Waals surface area contributed by atoms with E-state index in [1.165, 1.54) is 0 Å². The first-order valence-electron chi connectivity index (χ1n) is 7.16. The van der Waals surface area contributed by atoms with Gasteiger partial charge in [-0.25, -0.2) is 4.79 Å². The standard InChI is InChI=1S/C16H24BrNO4/c1-11-9-12(20-5)14(17)13(10-11)21-8-6-7-18-15(19)22-16(2,3)4/h9-10H,6-8H2,1-5H3,(H,18,19). The molecule has 0 radical (unpaired) electrons. The zero-order valence-corrected chi connectivity index (χ0v) is 15.4. The first kappa shape index (κ1) is 18.6. The van der Waals surface area contributed by atoms with E-state index in [9.17, 15) is 4.79 Å². The number of amides is 1. The Hall–Kier alpha value is -1.43. The van der Waals surface area contributed by atoms with Crippen molar-refractivity contribution in [2.45, 2.75) is 39.7 Å². The van der Waals surface area contributed by atoms with Gasteiger partial charge in [-0.3, -0.25) is 0 Å². The molecule has 0 saturated carbocycles. The molecular weight excluding hydrogens is 350 g/mol. The summed E-state index contributed by atoms with van der Waals surface area (Å²) < 4.78 is 16.9. The zero-order chi connectivity index (χ0) is 16.8. The molecule has 0 heterocycles. The van der Waals surface area contributed by atoms with Crippen molar-refractivity contribution in [1.82, 2.24) is 5.32 Å². The van der Waals surface area contributed by atoms with Crippen molar-refractivity contribution < 1.29 is 19.0 Å². The monoisotopic (exact) mass is 373 g/mol. The molecule has 0 aliphatic rings. The molecule has 22 heavy (non-hydrogen) atoms. The maximum Gasteiger partial charge on any atom is 0.407 e. The van der Waals surface area contributed by atoms with Crippen LogP contribution >= 0.6 is 15.9 Å². The van der Waals surface area contributed by atoms with Crippen LogP contribution in [0.3, 0.4) is 0 Å². The van der Waals surface area contributed by atoms with Gasteiger partial charge in [0.15, 0.2) is 0 Å². The summed E-state index contributed by atoms with van der Waals surface area (Å²) in [7, 11) is 1.62. The maximum absolute atomic E-state index is 11.5. The van der Waals surface area contributed by atoms with Crippen molar-refractivity contribution in [3.05, 3.63) is 22.2 Å². The summed E-state index contributed by atoms with van der Waals surface area (Å²) >= 11 is 3.46. The Labute approximate surface area is 140 Å². The largest absolute Gasteiger partial charge is 0.495 e. The second-order valence-electron chi connectivity index (χ2n) is 5.91. The van der Waals surface area contributed by atoms with Gasteiger partial charge in [0.25, 0.3) is 0 Å². The average molecular weight is 374 g/mol. The Morgan fingerprint density at radius 1 is 1.27 bits per heavy atom. The third kappa shape index (κ3) is 6.56. The zero-order valence-electron chi connectivity index (χ0n) is 13.8. The highest BCUT2D eigenvalue weighted by molar-refractivity contribution is 9.10. The van der Waals surface area contributed by atoms with Gasteiger partial charge in [0, 0.05) is 6.54 Å². The highest BCUT2D eigenvalue weighted by Crippen LogP contribution is 2.35. The molecule has 0 atom stereocenters. The van der Waals surface area contributed by atoms with Gasteiger partial charge in [0.05, 0.1) is 13.7 Å². The van der Waals surface area contributed by atoms with E-state index in [1.54, 1.807) is 7.11 Å². The number of carbonyl (C=O) groups excluding carboxylic acids is 1. The fourth-order valence-corrected chi connectivity index (χ4v) is 2.22. The van der Waals surface area contributed by atoms with Crippen LogP contribution in [-0.4, -0.2) is 32.0 Å². The summed E-state index contributed by atoms with van der Waals surface area (Å²) in [6.07, 6.45) is 0.271. The molecule has 0 spiro atoms. The maximum atomic E-state index is 11.5. The molecule has 6 heteroatoms. The van der Waals surface area contributed by atoms with Crippen molar-refractivity contribution in [3.63, 3.8) is 0 Å². The summed E-state index contributed by atoms with van der Waals surface area (Å²) in [6, 6.07) is 3.87. The van der Waals surface area contributed by atoms with Crippen LogP contribution in [0.2, 0.25) is 0 Å². The molecule has 0 saturated heterocycles. The van der Waals surface area contributed by atoms with E-state index in [0.29, 0.717) is 19.6 Å². The van der Waals surface area contributed by atoms with E-state index in [1.807, 2.05) is 39.8 Å². The van der Waals surface area contributed by atoms with Gasteiger partial charge in [0.1, 0.15) is 21.6 Å². The summed E-state index contributed by atoms with van der Waals surface area (Å²) in [5, 5.41) is 2.70. The second-order valence-corrected chi connectivity index (χ2v) is 6.70. The number of benzene rings is 1. The fourth-order valence-electron chi connectivity index (χ4n) is 1.72. The van der Waals surface area contributed by atoms with Crippen LogP contribution in [-0.2, 0) is 4.74 Å². The molecule has 5 nitrogen and oxygen atoms in total. The van der Waals surface area contributed by atoms with E-state index < -0.39 is 11.7 Å². The number of nitrogens with one attached hydrogen (secondary N) is 1. The van der Waals surface area contributed by atoms with Crippen molar-refractivity contribution in [2.75, 3.05) is 20.3 Å². The fraction of sp³-hybridized carbons (Fsp3) is 0.562. The third-order valence-corrected chi connectivity index (χ3v) is 3.40. The van der Waals surface area contributed by atoms with Crippen LogP contribution in [0, 0.1) is 6.92 Å². The molecular formula is C16H24BrNO4. The third-order valence-electron chi connectivity index (χ3n) is 2.62. The van der Waals surface area contributed by atoms with Crippen LogP contribution in [0.25, 0.3) is 0 Å². The number of hydrogen-bond donors (Lipinski definition) is 1. The van der Waals surface area contributed by atoms with Crippen molar-refractivity contribution in [1.29, 1.82) is 0 Å². The first-order valence-corrected chi connectivity index (χ1v) is 7.96. The normalized spacial score (nSPS) is 11.0. The number of alkyl carbamates (subject to hydrolysis) is 1. The van der Waals surface area contributed by atoms with Crippen LogP contribution in [0.5, 0.6) is 11.5 Å². The van der Waals surface area contributed by atoms with E-state index in [-0.39, 0.29) is 0 Å². The molecule has 1 rings (SSSR count). The first-order chi connectivity index (χ1) is 10.2. The number of aryl methyl sites for hydroxylation is 1. The molecule has 0 fully saturated rings. The lowest BCUT2D eigenvalue weighted by atomic mass is 10.2. The van der Waals surface area contributed by atoms with E-state index in [2.05, 4.69) is 21.2 Å². The predicted molar refractivity (Wildman–Crippen MR) is 89.8 cm³/mol. The Bertz CT molecular complexity index is 512. The highest BCUT2D eigenvalue weighted by atomic mass is 79.9. The number of carbonyl (C=O) groups is 1. The number of methoxy groups -OCH3 is 1.